The minimum Gasteiger partial charge on any atom is -0.259 e. The van der Waals surface area contributed by atoms with E-state index in [0.29, 0.717) is 0 Å². The second-order valence-corrected chi connectivity index (χ2v) is 6.54. The third-order valence-electron chi connectivity index (χ3n) is 3.58. The van der Waals surface area contributed by atoms with Crippen molar-refractivity contribution in [3.8, 4) is 0 Å². The van der Waals surface area contributed by atoms with E-state index in [2.05, 4.69) is 9.71 Å². The first-order valence-electron chi connectivity index (χ1n) is 7.44. The maximum atomic E-state index is 12.7. The van der Waals surface area contributed by atoms with Gasteiger partial charge < -0.3 is 0 Å². The standard InChI is InChI=1S/C19H18N2OS/c1-15-10-12-17(13-11-15)23(22)21-19(16-7-3-2-4-8-16)18-9-5-6-14-20-18/h2-14,19,21H,1H3/t19-,23?/m0/s1. The highest BCUT2D eigenvalue weighted by atomic mass is 32.2. The largest absolute Gasteiger partial charge is 0.259 e. The Hall–Kier alpha value is -2.30. The van der Waals surface area contributed by atoms with Gasteiger partial charge in [-0.1, -0.05) is 54.1 Å². The van der Waals surface area contributed by atoms with Crippen LogP contribution in [0.5, 0.6) is 0 Å². The predicted molar refractivity (Wildman–Crippen MR) is 93.2 cm³/mol. The Balaban J connectivity index is 1.90. The Labute approximate surface area is 139 Å². The van der Waals surface area contributed by atoms with Crippen LogP contribution in [0.1, 0.15) is 22.9 Å². The quantitative estimate of drug-likeness (QED) is 0.776. The Morgan fingerprint density at radius 3 is 2.26 bits per heavy atom. The number of rotatable bonds is 5. The van der Waals surface area contributed by atoms with Crippen LogP contribution in [-0.2, 0) is 11.0 Å². The van der Waals surface area contributed by atoms with E-state index in [1.807, 2.05) is 79.7 Å². The summed E-state index contributed by atoms with van der Waals surface area (Å²) in [5, 5.41) is 0. The molecule has 0 aliphatic rings. The number of pyridine rings is 1. The summed E-state index contributed by atoms with van der Waals surface area (Å²) in [7, 11) is -1.31. The summed E-state index contributed by atoms with van der Waals surface area (Å²) in [5.41, 5.74) is 3.03. The maximum absolute atomic E-state index is 12.7. The number of nitrogens with zero attached hydrogens (tertiary/aromatic N) is 1. The molecule has 0 fully saturated rings. The van der Waals surface area contributed by atoms with Gasteiger partial charge in [0.1, 0.15) is 11.0 Å². The fraction of sp³-hybridized carbons (Fsp3) is 0.105. The van der Waals surface area contributed by atoms with Crippen LogP contribution >= 0.6 is 0 Å². The van der Waals surface area contributed by atoms with E-state index < -0.39 is 11.0 Å². The lowest BCUT2D eigenvalue weighted by Gasteiger charge is -2.18. The number of aryl methyl sites for hydroxylation is 1. The molecule has 4 heteroatoms. The summed E-state index contributed by atoms with van der Waals surface area (Å²) in [4.78, 5) is 5.18. The molecule has 0 bridgehead atoms. The van der Waals surface area contributed by atoms with E-state index in [1.54, 1.807) is 6.20 Å². The van der Waals surface area contributed by atoms with Gasteiger partial charge in [0.05, 0.1) is 16.6 Å². The molecule has 2 aromatic carbocycles. The third-order valence-corrected chi connectivity index (χ3v) is 4.73. The number of nitrogens with one attached hydrogen (secondary N) is 1. The summed E-state index contributed by atoms with van der Waals surface area (Å²) in [6.07, 6.45) is 1.75. The highest BCUT2D eigenvalue weighted by Crippen LogP contribution is 2.21. The van der Waals surface area contributed by atoms with Crippen LogP contribution in [0.25, 0.3) is 0 Å². The molecule has 1 heterocycles. The molecule has 1 unspecified atom stereocenters. The lowest BCUT2D eigenvalue weighted by atomic mass is 10.0. The van der Waals surface area contributed by atoms with Gasteiger partial charge in [-0.3, -0.25) is 4.98 Å². The molecule has 0 aliphatic heterocycles. The summed E-state index contributed by atoms with van der Waals surface area (Å²) < 4.78 is 15.9. The van der Waals surface area contributed by atoms with E-state index in [0.717, 1.165) is 21.7 Å². The first-order valence-corrected chi connectivity index (χ1v) is 8.59. The normalized spacial score (nSPS) is 13.4. The third kappa shape index (κ3) is 3.92. The second-order valence-electron chi connectivity index (χ2n) is 5.30. The van der Waals surface area contributed by atoms with Crippen molar-refractivity contribution >= 4 is 11.0 Å². The molecule has 0 saturated heterocycles. The monoisotopic (exact) mass is 322 g/mol. The van der Waals surface area contributed by atoms with Crippen molar-refractivity contribution in [2.24, 2.45) is 0 Å². The molecule has 116 valence electrons. The first-order chi connectivity index (χ1) is 11.2. The van der Waals surface area contributed by atoms with Crippen LogP contribution in [0.4, 0.5) is 0 Å². The molecular weight excluding hydrogens is 304 g/mol. The van der Waals surface area contributed by atoms with Crippen LogP contribution in [0.2, 0.25) is 0 Å². The number of benzene rings is 2. The minimum absolute atomic E-state index is 0.223. The van der Waals surface area contributed by atoms with Crippen molar-refractivity contribution in [3.63, 3.8) is 0 Å². The van der Waals surface area contributed by atoms with Crippen LogP contribution < -0.4 is 4.72 Å². The van der Waals surface area contributed by atoms with Gasteiger partial charge in [0, 0.05) is 6.20 Å². The molecule has 1 aromatic heterocycles. The molecule has 0 amide bonds. The van der Waals surface area contributed by atoms with Gasteiger partial charge in [-0.25, -0.2) is 8.93 Å². The summed E-state index contributed by atoms with van der Waals surface area (Å²) >= 11 is 0. The highest BCUT2D eigenvalue weighted by molar-refractivity contribution is 7.83. The number of aromatic nitrogens is 1. The molecule has 3 aromatic rings. The molecule has 23 heavy (non-hydrogen) atoms. The minimum atomic E-state index is -1.31. The summed E-state index contributed by atoms with van der Waals surface area (Å²) in [6, 6.07) is 23.2. The van der Waals surface area contributed by atoms with Crippen molar-refractivity contribution in [3.05, 3.63) is 95.8 Å². The van der Waals surface area contributed by atoms with Crippen molar-refractivity contribution < 1.29 is 4.21 Å². The molecule has 0 spiro atoms. The molecule has 0 radical (unpaired) electrons. The van der Waals surface area contributed by atoms with Crippen molar-refractivity contribution in [1.29, 1.82) is 0 Å². The zero-order valence-corrected chi connectivity index (χ0v) is 13.7. The fourth-order valence-corrected chi connectivity index (χ4v) is 3.32. The fourth-order valence-electron chi connectivity index (χ4n) is 2.33. The van der Waals surface area contributed by atoms with E-state index in [4.69, 9.17) is 0 Å². The Bertz CT molecular complexity index is 734. The van der Waals surface area contributed by atoms with Crippen LogP contribution in [0, 0.1) is 6.92 Å². The zero-order chi connectivity index (χ0) is 16.1. The average Bonchev–Trinajstić information content (AvgIpc) is 2.61. The van der Waals surface area contributed by atoms with Gasteiger partial charge in [-0.2, -0.15) is 0 Å². The first kappa shape index (κ1) is 15.6. The van der Waals surface area contributed by atoms with Gasteiger partial charge in [0.25, 0.3) is 0 Å². The number of hydrogen-bond acceptors (Lipinski definition) is 2. The second kappa shape index (κ2) is 7.31. The molecule has 0 saturated carbocycles. The van der Waals surface area contributed by atoms with E-state index in [-0.39, 0.29) is 6.04 Å². The highest BCUT2D eigenvalue weighted by Gasteiger charge is 2.18. The molecule has 1 N–H and O–H groups in total. The van der Waals surface area contributed by atoms with Gasteiger partial charge in [0.2, 0.25) is 0 Å². The zero-order valence-electron chi connectivity index (χ0n) is 12.8. The van der Waals surface area contributed by atoms with E-state index >= 15 is 0 Å². The van der Waals surface area contributed by atoms with E-state index in [9.17, 15) is 4.21 Å². The number of hydrogen-bond donors (Lipinski definition) is 1. The van der Waals surface area contributed by atoms with Gasteiger partial charge in [0.15, 0.2) is 0 Å². The Morgan fingerprint density at radius 2 is 1.61 bits per heavy atom. The Kier molecular flexibility index (Phi) is 4.95. The lowest BCUT2D eigenvalue weighted by molar-refractivity contribution is 0.656. The SMILES string of the molecule is Cc1ccc(S(=O)N[C@@H](c2ccccc2)c2ccccn2)cc1. The topological polar surface area (TPSA) is 42.0 Å². The van der Waals surface area contributed by atoms with Crippen LogP contribution in [0.15, 0.2) is 83.9 Å². The molecular formula is C19H18N2OS. The van der Waals surface area contributed by atoms with Crippen molar-refractivity contribution in [2.45, 2.75) is 17.9 Å². The predicted octanol–water partition coefficient (Wildman–Crippen LogP) is 3.79. The van der Waals surface area contributed by atoms with Crippen LogP contribution in [-0.4, -0.2) is 9.19 Å². The molecule has 0 aliphatic carbocycles. The van der Waals surface area contributed by atoms with Gasteiger partial charge in [-0.15, -0.1) is 0 Å². The van der Waals surface area contributed by atoms with Gasteiger partial charge in [-0.05, 0) is 36.8 Å². The summed E-state index contributed by atoms with van der Waals surface area (Å²) in [6.45, 7) is 2.01. The maximum Gasteiger partial charge on any atom is 0.125 e. The Morgan fingerprint density at radius 1 is 0.913 bits per heavy atom. The molecule has 3 rings (SSSR count). The van der Waals surface area contributed by atoms with Gasteiger partial charge >= 0.3 is 0 Å². The average molecular weight is 322 g/mol. The van der Waals surface area contributed by atoms with Crippen molar-refractivity contribution in [1.82, 2.24) is 9.71 Å². The lowest BCUT2D eigenvalue weighted by Crippen LogP contribution is -2.25. The molecule has 2 atom stereocenters. The van der Waals surface area contributed by atoms with Crippen molar-refractivity contribution in [2.75, 3.05) is 0 Å². The molecule has 3 nitrogen and oxygen atoms in total. The van der Waals surface area contributed by atoms with Crippen LogP contribution in [0.3, 0.4) is 0 Å². The smallest absolute Gasteiger partial charge is 0.125 e. The van der Waals surface area contributed by atoms with E-state index in [1.165, 1.54) is 0 Å². The summed E-state index contributed by atoms with van der Waals surface area (Å²) in [5.74, 6) is 0.